The van der Waals surface area contributed by atoms with Crippen LogP contribution >= 0.6 is 11.6 Å². The number of carbonyl (C=O) groups excluding carboxylic acids is 2. The summed E-state index contributed by atoms with van der Waals surface area (Å²) >= 11 is 6.40. The van der Waals surface area contributed by atoms with Crippen LogP contribution in [0.2, 0.25) is 5.02 Å². The fraction of sp³-hybridized carbons (Fsp3) is 0.314. The second-order valence-electron chi connectivity index (χ2n) is 11.9. The molecule has 2 aliphatic heterocycles. The molecule has 0 radical (unpaired) electrons. The molecule has 6 rings (SSSR count). The zero-order valence-corrected chi connectivity index (χ0v) is 29.4. The Morgan fingerprint density at radius 1 is 0.860 bits per heavy atom. The van der Waals surface area contributed by atoms with E-state index < -0.39 is 10.0 Å². The van der Waals surface area contributed by atoms with Crippen molar-refractivity contribution >= 4 is 62.3 Å². The Labute approximate surface area is 296 Å². The standard InChI is InChI=1S/C35H39ClN8O5S/c1-37-33(45)27-11-4-5-12-29(27)39-32-28(36)23-38-35(41-32)40-30-14-13-25(22-31(30)49-2)42-17-19-43(20-18-42)34(46)24-9-8-10-26(21-24)50(47,48)44-15-6-3-7-16-44/h4-5,8-14,21-23H,3,6-7,15-20H2,1-2H3,(H,37,45)(H2,38,39,40,41). The number of benzene rings is 3. The summed E-state index contributed by atoms with van der Waals surface area (Å²) in [5, 5.41) is 9.22. The van der Waals surface area contributed by atoms with Gasteiger partial charge < -0.3 is 30.5 Å². The van der Waals surface area contributed by atoms with Crippen molar-refractivity contribution in [2.24, 2.45) is 0 Å². The molecule has 2 fully saturated rings. The molecule has 2 amide bonds. The fourth-order valence-electron chi connectivity index (χ4n) is 6.06. The lowest BCUT2D eigenvalue weighted by Crippen LogP contribution is -2.48. The van der Waals surface area contributed by atoms with E-state index in [9.17, 15) is 18.0 Å². The van der Waals surface area contributed by atoms with E-state index in [0.717, 1.165) is 24.9 Å². The zero-order chi connectivity index (χ0) is 35.3. The molecule has 4 aromatic rings. The minimum atomic E-state index is -3.64. The molecule has 50 heavy (non-hydrogen) atoms. The van der Waals surface area contributed by atoms with E-state index in [0.29, 0.717) is 73.3 Å². The smallest absolute Gasteiger partial charge is 0.254 e. The Balaban J connectivity index is 1.11. The van der Waals surface area contributed by atoms with E-state index >= 15 is 0 Å². The van der Waals surface area contributed by atoms with Crippen LogP contribution in [0.25, 0.3) is 0 Å². The number of anilines is 5. The number of halogens is 1. The van der Waals surface area contributed by atoms with Gasteiger partial charge in [0.05, 0.1) is 35.1 Å². The van der Waals surface area contributed by atoms with Gasteiger partial charge >= 0.3 is 0 Å². The molecular formula is C35H39ClN8O5S. The van der Waals surface area contributed by atoms with Crippen LogP contribution in [0.15, 0.2) is 77.8 Å². The van der Waals surface area contributed by atoms with Crippen molar-refractivity contribution in [2.75, 3.05) is 69.0 Å². The van der Waals surface area contributed by atoms with E-state index in [1.165, 1.54) is 16.6 Å². The van der Waals surface area contributed by atoms with E-state index in [1.807, 2.05) is 18.2 Å². The minimum Gasteiger partial charge on any atom is -0.494 e. The molecule has 15 heteroatoms. The highest BCUT2D eigenvalue weighted by Gasteiger charge is 2.28. The van der Waals surface area contributed by atoms with Crippen molar-refractivity contribution in [3.63, 3.8) is 0 Å². The predicted molar refractivity (Wildman–Crippen MR) is 194 cm³/mol. The summed E-state index contributed by atoms with van der Waals surface area (Å²) in [6, 6.07) is 19.1. The number of methoxy groups -OCH3 is 1. The van der Waals surface area contributed by atoms with Gasteiger partial charge in [0.15, 0.2) is 5.82 Å². The number of sulfonamides is 1. The van der Waals surface area contributed by atoms with Crippen LogP contribution in [0.5, 0.6) is 5.75 Å². The average Bonchev–Trinajstić information content (AvgIpc) is 3.16. The number of para-hydroxylation sites is 1. The second kappa shape index (κ2) is 15.3. The number of rotatable bonds is 10. The minimum absolute atomic E-state index is 0.160. The highest BCUT2D eigenvalue weighted by Crippen LogP contribution is 2.33. The van der Waals surface area contributed by atoms with Crippen LogP contribution in [0.1, 0.15) is 40.0 Å². The molecule has 3 N–H and O–H groups in total. The van der Waals surface area contributed by atoms with Gasteiger partial charge in [-0.3, -0.25) is 9.59 Å². The molecular weight excluding hydrogens is 680 g/mol. The van der Waals surface area contributed by atoms with Gasteiger partial charge in [-0.05, 0) is 55.3 Å². The molecule has 3 aromatic carbocycles. The number of aromatic nitrogens is 2. The number of amides is 2. The number of nitrogens with zero attached hydrogens (tertiary/aromatic N) is 5. The SMILES string of the molecule is CNC(=O)c1ccccc1Nc1nc(Nc2ccc(N3CCN(C(=O)c4cccc(S(=O)(=O)N5CCCCC5)c4)CC3)cc2OC)ncc1Cl. The molecule has 0 bridgehead atoms. The quantitative estimate of drug-likeness (QED) is 0.202. The molecule has 2 saturated heterocycles. The van der Waals surface area contributed by atoms with Crippen molar-refractivity contribution < 1.29 is 22.7 Å². The first-order chi connectivity index (χ1) is 24.2. The molecule has 2 aliphatic rings. The first-order valence-corrected chi connectivity index (χ1v) is 18.2. The van der Waals surface area contributed by atoms with Gasteiger partial charge in [-0.15, -0.1) is 0 Å². The molecule has 0 saturated carbocycles. The third-order valence-corrected chi connectivity index (χ3v) is 11.0. The average molecular weight is 719 g/mol. The van der Waals surface area contributed by atoms with Gasteiger partial charge in [-0.25, -0.2) is 13.4 Å². The van der Waals surface area contributed by atoms with E-state index in [1.54, 1.807) is 61.5 Å². The maximum Gasteiger partial charge on any atom is 0.254 e. The van der Waals surface area contributed by atoms with Crippen LogP contribution in [-0.4, -0.2) is 92.8 Å². The van der Waals surface area contributed by atoms with Gasteiger partial charge in [0.2, 0.25) is 16.0 Å². The highest BCUT2D eigenvalue weighted by molar-refractivity contribution is 7.89. The van der Waals surface area contributed by atoms with E-state index in [2.05, 4.69) is 30.8 Å². The number of nitrogens with one attached hydrogen (secondary N) is 3. The summed E-state index contributed by atoms with van der Waals surface area (Å²) in [7, 11) is -0.501. The third-order valence-electron chi connectivity index (χ3n) is 8.79. The Bertz CT molecular complexity index is 1980. The molecule has 0 unspecified atom stereocenters. The molecule has 1 aromatic heterocycles. The number of piperidine rings is 1. The number of carbonyl (C=O) groups is 2. The van der Waals surface area contributed by atoms with E-state index in [4.69, 9.17) is 16.3 Å². The molecule has 262 valence electrons. The number of piperazine rings is 1. The topological polar surface area (TPSA) is 149 Å². The van der Waals surface area contributed by atoms with Crippen molar-refractivity contribution in [3.05, 3.63) is 89.1 Å². The monoisotopic (exact) mass is 718 g/mol. The lowest BCUT2D eigenvalue weighted by molar-refractivity contribution is 0.0746. The number of hydrogen-bond acceptors (Lipinski definition) is 10. The van der Waals surface area contributed by atoms with Crippen LogP contribution in [-0.2, 0) is 10.0 Å². The van der Waals surface area contributed by atoms with Crippen LogP contribution in [0, 0.1) is 0 Å². The zero-order valence-electron chi connectivity index (χ0n) is 27.9. The third kappa shape index (κ3) is 7.62. The van der Waals surface area contributed by atoms with Crippen LogP contribution < -0.4 is 25.6 Å². The molecule has 0 atom stereocenters. The summed E-state index contributed by atoms with van der Waals surface area (Å²) in [6.07, 6.45) is 4.19. The van der Waals surface area contributed by atoms with Crippen LogP contribution in [0.4, 0.5) is 28.8 Å². The lowest BCUT2D eigenvalue weighted by Gasteiger charge is -2.36. The van der Waals surface area contributed by atoms with Gasteiger partial charge in [-0.2, -0.15) is 9.29 Å². The normalized spacial score (nSPS) is 15.3. The van der Waals surface area contributed by atoms with Gasteiger partial charge in [-0.1, -0.05) is 36.2 Å². The highest BCUT2D eigenvalue weighted by atomic mass is 35.5. The molecule has 0 aliphatic carbocycles. The largest absolute Gasteiger partial charge is 0.494 e. The Morgan fingerprint density at radius 3 is 2.36 bits per heavy atom. The molecule has 13 nitrogen and oxygen atoms in total. The summed E-state index contributed by atoms with van der Waals surface area (Å²) in [5.74, 6) is 0.705. The van der Waals surface area contributed by atoms with Gasteiger partial charge in [0.1, 0.15) is 10.8 Å². The summed E-state index contributed by atoms with van der Waals surface area (Å²) in [5.41, 5.74) is 2.89. The Kier molecular flexibility index (Phi) is 10.7. The maximum absolute atomic E-state index is 13.5. The van der Waals surface area contributed by atoms with Gasteiger partial charge in [0.25, 0.3) is 11.8 Å². The summed E-state index contributed by atoms with van der Waals surface area (Å²) in [4.78, 5) is 38.7. The van der Waals surface area contributed by atoms with Crippen molar-refractivity contribution in [1.82, 2.24) is 24.5 Å². The van der Waals surface area contributed by atoms with Gasteiger partial charge in [0, 0.05) is 63.6 Å². The van der Waals surface area contributed by atoms with Crippen molar-refractivity contribution in [2.45, 2.75) is 24.2 Å². The number of ether oxygens (including phenoxy) is 1. The lowest BCUT2D eigenvalue weighted by atomic mass is 10.1. The fourth-order valence-corrected chi connectivity index (χ4v) is 7.76. The van der Waals surface area contributed by atoms with E-state index in [-0.39, 0.29) is 27.7 Å². The summed E-state index contributed by atoms with van der Waals surface area (Å²) in [6.45, 7) is 3.13. The Hall–Kier alpha value is -4.92. The number of hydrogen-bond donors (Lipinski definition) is 3. The second-order valence-corrected chi connectivity index (χ2v) is 14.3. The van der Waals surface area contributed by atoms with Crippen molar-refractivity contribution in [1.29, 1.82) is 0 Å². The van der Waals surface area contributed by atoms with Crippen LogP contribution in [0.3, 0.4) is 0 Å². The molecule has 3 heterocycles. The maximum atomic E-state index is 13.5. The predicted octanol–water partition coefficient (Wildman–Crippen LogP) is 5.12. The first-order valence-electron chi connectivity index (χ1n) is 16.4. The first kappa shape index (κ1) is 34.9. The molecule has 0 spiro atoms. The summed E-state index contributed by atoms with van der Waals surface area (Å²) < 4.78 is 33.6. The van der Waals surface area contributed by atoms with Crippen molar-refractivity contribution in [3.8, 4) is 5.75 Å². The Morgan fingerprint density at radius 2 is 1.62 bits per heavy atom.